The van der Waals surface area contributed by atoms with Crippen LogP contribution in [-0.2, 0) is 11.3 Å². The van der Waals surface area contributed by atoms with E-state index in [0.717, 1.165) is 36.8 Å². The maximum Gasteiger partial charge on any atom is 0.319 e. The zero-order chi connectivity index (χ0) is 19.9. The van der Waals surface area contributed by atoms with Gasteiger partial charge in [-0.3, -0.25) is 4.79 Å². The van der Waals surface area contributed by atoms with Crippen molar-refractivity contribution in [1.82, 2.24) is 10.6 Å². The summed E-state index contributed by atoms with van der Waals surface area (Å²) in [5.74, 6) is 0.307. The van der Waals surface area contributed by atoms with E-state index in [1.54, 1.807) is 12.1 Å². The summed E-state index contributed by atoms with van der Waals surface area (Å²) in [7, 11) is 0. The fourth-order valence-corrected chi connectivity index (χ4v) is 3.54. The molecule has 1 fully saturated rings. The van der Waals surface area contributed by atoms with Gasteiger partial charge in [0.15, 0.2) is 0 Å². The highest BCUT2D eigenvalue weighted by Gasteiger charge is 2.23. The summed E-state index contributed by atoms with van der Waals surface area (Å²) in [5.41, 5.74) is 2.69. The predicted molar refractivity (Wildman–Crippen MR) is 112 cm³/mol. The molecule has 5 nitrogen and oxygen atoms in total. The lowest BCUT2D eigenvalue weighted by molar-refractivity contribution is -0.125. The third kappa shape index (κ3) is 5.73. The van der Waals surface area contributed by atoms with Gasteiger partial charge in [0.05, 0.1) is 6.04 Å². The first kappa shape index (κ1) is 20.2. The van der Waals surface area contributed by atoms with E-state index in [9.17, 15) is 9.59 Å². The Hall–Kier alpha value is -2.53. The largest absolute Gasteiger partial charge is 0.349 e. The first-order valence-electron chi connectivity index (χ1n) is 9.71. The average molecular weight is 400 g/mol. The molecule has 1 saturated carbocycles. The molecule has 1 aliphatic carbocycles. The number of urea groups is 1. The van der Waals surface area contributed by atoms with Crippen molar-refractivity contribution >= 4 is 29.2 Å². The summed E-state index contributed by atoms with van der Waals surface area (Å²) in [5, 5.41) is 9.38. The molecule has 2 aromatic rings. The summed E-state index contributed by atoms with van der Waals surface area (Å²) in [6, 6.07) is 14.5. The topological polar surface area (TPSA) is 70.2 Å². The highest BCUT2D eigenvalue weighted by atomic mass is 35.5. The molecule has 0 heterocycles. The molecule has 1 aliphatic rings. The second-order valence-corrected chi connectivity index (χ2v) is 7.70. The van der Waals surface area contributed by atoms with Crippen LogP contribution in [-0.4, -0.2) is 11.9 Å². The monoisotopic (exact) mass is 399 g/mol. The molecule has 3 amide bonds. The number of hydrogen-bond donors (Lipinski definition) is 3. The van der Waals surface area contributed by atoms with Crippen LogP contribution in [0, 0.1) is 5.92 Å². The maximum absolute atomic E-state index is 12.3. The van der Waals surface area contributed by atoms with Gasteiger partial charge in [-0.1, -0.05) is 48.7 Å². The molecular formula is C22H26ClN3O2. The second kappa shape index (κ2) is 9.60. The number of hydrogen-bond acceptors (Lipinski definition) is 2. The smallest absolute Gasteiger partial charge is 0.319 e. The summed E-state index contributed by atoms with van der Waals surface area (Å²) in [6.07, 6.45) is 4.28. The minimum absolute atomic E-state index is 0.0547. The number of nitrogens with one attached hydrogen (secondary N) is 3. The second-order valence-electron chi connectivity index (χ2n) is 7.27. The van der Waals surface area contributed by atoms with Crippen LogP contribution in [0.4, 0.5) is 10.5 Å². The molecule has 0 saturated heterocycles. The molecule has 0 aromatic heterocycles. The van der Waals surface area contributed by atoms with Crippen molar-refractivity contribution in [2.45, 2.75) is 45.2 Å². The van der Waals surface area contributed by atoms with Crippen LogP contribution in [0.2, 0.25) is 5.02 Å². The fraction of sp³-hybridized carbons (Fsp3) is 0.364. The van der Waals surface area contributed by atoms with E-state index in [-0.39, 0.29) is 23.9 Å². The van der Waals surface area contributed by atoms with Crippen molar-refractivity contribution in [3.05, 3.63) is 64.7 Å². The van der Waals surface area contributed by atoms with Crippen LogP contribution in [0.5, 0.6) is 0 Å². The fourth-order valence-electron chi connectivity index (χ4n) is 3.42. The van der Waals surface area contributed by atoms with Gasteiger partial charge in [-0.15, -0.1) is 0 Å². The van der Waals surface area contributed by atoms with Crippen molar-refractivity contribution < 1.29 is 9.59 Å². The van der Waals surface area contributed by atoms with Gasteiger partial charge in [-0.05, 0) is 55.2 Å². The summed E-state index contributed by atoms with van der Waals surface area (Å²) in [6.45, 7) is 2.40. The molecule has 0 bridgehead atoms. The summed E-state index contributed by atoms with van der Waals surface area (Å²) < 4.78 is 0. The molecule has 0 radical (unpaired) electrons. The summed E-state index contributed by atoms with van der Waals surface area (Å²) >= 11 is 5.85. The minimum atomic E-state index is -0.273. The van der Waals surface area contributed by atoms with Crippen molar-refractivity contribution in [3.8, 4) is 0 Å². The molecule has 2 aromatic carbocycles. The Bertz CT molecular complexity index is 800. The van der Waals surface area contributed by atoms with Crippen LogP contribution in [0.1, 0.15) is 49.8 Å². The van der Waals surface area contributed by atoms with Gasteiger partial charge in [-0.2, -0.15) is 0 Å². The molecular weight excluding hydrogens is 374 g/mol. The van der Waals surface area contributed by atoms with E-state index in [1.807, 2.05) is 43.3 Å². The standard InChI is InChI=1S/C22H26ClN3O2/c1-15(25-21(27)18-4-2-3-5-18)17-8-12-20(13-9-17)26-22(28)24-14-16-6-10-19(23)11-7-16/h6-13,15,18H,2-5,14H2,1H3,(H,25,27)(H2,24,26,28)/t15-/m0/s1. The Morgan fingerprint density at radius 1 is 1.04 bits per heavy atom. The Morgan fingerprint density at radius 3 is 2.32 bits per heavy atom. The lowest BCUT2D eigenvalue weighted by atomic mass is 10.0. The number of carbonyl (C=O) groups is 2. The molecule has 148 valence electrons. The highest BCUT2D eigenvalue weighted by Crippen LogP contribution is 2.26. The molecule has 1 atom stereocenters. The van der Waals surface area contributed by atoms with Crippen LogP contribution in [0.3, 0.4) is 0 Å². The van der Waals surface area contributed by atoms with E-state index in [4.69, 9.17) is 11.6 Å². The first-order valence-corrected chi connectivity index (χ1v) is 10.1. The third-order valence-corrected chi connectivity index (χ3v) is 5.37. The number of rotatable bonds is 6. The Morgan fingerprint density at radius 2 is 1.68 bits per heavy atom. The van der Waals surface area contributed by atoms with E-state index in [2.05, 4.69) is 16.0 Å². The highest BCUT2D eigenvalue weighted by molar-refractivity contribution is 6.30. The van der Waals surface area contributed by atoms with Gasteiger partial charge in [0.2, 0.25) is 5.91 Å². The molecule has 3 N–H and O–H groups in total. The SMILES string of the molecule is C[C@H](NC(=O)C1CCCC1)c1ccc(NC(=O)NCc2ccc(Cl)cc2)cc1. The molecule has 6 heteroatoms. The van der Waals surface area contributed by atoms with Gasteiger partial charge >= 0.3 is 6.03 Å². The number of benzene rings is 2. The molecule has 0 unspecified atom stereocenters. The molecule has 3 rings (SSSR count). The summed E-state index contributed by atoms with van der Waals surface area (Å²) in [4.78, 5) is 24.3. The van der Waals surface area contributed by atoms with Crippen molar-refractivity contribution in [2.24, 2.45) is 5.92 Å². The van der Waals surface area contributed by atoms with Crippen molar-refractivity contribution in [2.75, 3.05) is 5.32 Å². The van der Waals surface area contributed by atoms with Crippen LogP contribution in [0.25, 0.3) is 0 Å². The minimum Gasteiger partial charge on any atom is -0.349 e. The van der Waals surface area contributed by atoms with Crippen LogP contribution < -0.4 is 16.0 Å². The van der Waals surface area contributed by atoms with Crippen LogP contribution >= 0.6 is 11.6 Å². The van der Waals surface area contributed by atoms with Gasteiger partial charge < -0.3 is 16.0 Å². The first-order chi connectivity index (χ1) is 13.5. The van der Waals surface area contributed by atoms with E-state index < -0.39 is 0 Å². The van der Waals surface area contributed by atoms with E-state index >= 15 is 0 Å². The maximum atomic E-state index is 12.3. The Labute approximate surface area is 170 Å². The number of carbonyl (C=O) groups excluding carboxylic acids is 2. The molecule has 0 aliphatic heterocycles. The number of anilines is 1. The van der Waals surface area contributed by atoms with Gasteiger partial charge in [0, 0.05) is 23.2 Å². The average Bonchev–Trinajstić information content (AvgIpc) is 3.23. The predicted octanol–water partition coefficient (Wildman–Crippen LogP) is 5.03. The zero-order valence-corrected chi connectivity index (χ0v) is 16.8. The van der Waals surface area contributed by atoms with Gasteiger partial charge in [0.1, 0.15) is 0 Å². The lowest BCUT2D eigenvalue weighted by Gasteiger charge is -2.18. The van der Waals surface area contributed by atoms with Gasteiger partial charge in [-0.25, -0.2) is 4.79 Å². The van der Waals surface area contributed by atoms with Gasteiger partial charge in [0.25, 0.3) is 0 Å². The number of amides is 3. The number of halogens is 1. The Kier molecular flexibility index (Phi) is 6.93. The van der Waals surface area contributed by atoms with Crippen molar-refractivity contribution in [1.29, 1.82) is 0 Å². The van der Waals surface area contributed by atoms with E-state index in [0.29, 0.717) is 17.3 Å². The lowest BCUT2D eigenvalue weighted by Crippen LogP contribution is -2.31. The third-order valence-electron chi connectivity index (χ3n) is 5.12. The van der Waals surface area contributed by atoms with Crippen LogP contribution in [0.15, 0.2) is 48.5 Å². The molecule has 0 spiro atoms. The zero-order valence-electron chi connectivity index (χ0n) is 16.0. The quantitative estimate of drug-likeness (QED) is 0.637. The molecule has 28 heavy (non-hydrogen) atoms. The van der Waals surface area contributed by atoms with Crippen molar-refractivity contribution in [3.63, 3.8) is 0 Å². The normalized spacial score (nSPS) is 15.1. The Balaban J connectivity index is 1.47. The van der Waals surface area contributed by atoms with E-state index in [1.165, 1.54) is 0 Å².